The molecule has 4 rings (SSSR count). The van der Waals surface area contributed by atoms with Crippen molar-refractivity contribution < 1.29 is 13.9 Å². The highest BCUT2D eigenvalue weighted by atomic mass is 19.1. The molecule has 1 aromatic carbocycles. The predicted octanol–water partition coefficient (Wildman–Crippen LogP) is 2.97. The summed E-state index contributed by atoms with van der Waals surface area (Å²) < 4.78 is 20.9. The van der Waals surface area contributed by atoms with Crippen LogP contribution in [0.25, 0.3) is 0 Å². The number of amides is 1. The summed E-state index contributed by atoms with van der Waals surface area (Å²) in [5, 5.41) is 4.61. The molecule has 1 fully saturated rings. The average molecular weight is 413 g/mol. The van der Waals surface area contributed by atoms with E-state index in [2.05, 4.69) is 5.10 Å². The highest BCUT2D eigenvalue weighted by Crippen LogP contribution is 2.22. The fourth-order valence-electron chi connectivity index (χ4n) is 4.35. The molecule has 1 aliphatic carbocycles. The molecular formula is C23H28FN3O3. The Balaban J connectivity index is 1.32. The number of aryl methyl sites for hydroxylation is 2. The molecule has 1 amide bonds. The second-order valence-electron chi connectivity index (χ2n) is 8.30. The Hall–Kier alpha value is -2.70. The van der Waals surface area contributed by atoms with Gasteiger partial charge >= 0.3 is 0 Å². The van der Waals surface area contributed by atoms with Gasteiger partial charge in [0.1, 0.15) is 0 Å². The lowest BCUT2D eigenvalue weighted by atomic mass is 9.95. The molecule has 30 heavy (non-hydrogen) atoms. The number of fused-ring (bicyclic) bond motifs is 1. The van der Waals surface area contributed by atoms with Crippen LogP contribution in [0.3, 0.4) is 0 Å². The van der Waals surface area contributed by atoms with Crippen LogP contribution in [0.1, 0.15) is 43.9 Å². The molecule has 2 heterocycles. The third-order valence-electron chi connectivity index (χ3n) is 6.12. The van der Waals surface area contributed by atoms with Crippen LogP contribution in [0.5, 0.6) is 5.75 Å². The second-order valence-corrected chi connectivity index (χ2v) is 8.30. The van der Waals surface area contributed by atoms with Gasteiger partial charge in [0.2, 0.25) is 0 Å². The maximum atomic E-state index is 13.8. The van der Waals surface area contributed by atoms with Crippen molar-refractivity contribution >= 4 is 5.91 Å². The third kappa shape index (κ3) is 4.55. The first-order valence-corrected chi connectivity index (χ1v) is 10.8. The molecule has 1 unspecified atom stereocenters. The average Bonchev–Trinajstić information content (AvgIpc) is 2.76. The maximum Gasteiger partial charge on any atom is 0.267 e. The number of ether oxygens (including phenoxy) is 1. The summed E-state index contributed by atoms with van der Waals surface area (Å²) in [7, 11) is 0. The molecule has 0 bridgehead atoms. The molecule has 1 aromatic heterocycles. The van der Waals surface area contributed by atoms with Crippen molar-refractivity contribution in [2.24, 2.45) is 5.92 Å². The van der Waals surface area contributed by atoms with Gasteiger partial charge in [0, 0.05) is 25.7 Å². The molecule has 160 valence electrons. The Labute approximate surface area is 175 Å². The first-order chi connectivity index (χ1) is 14.5. The van der Waals surface area contributed by atoms with Crippen molar-refractivity contribution in [2.45, 2.75) is 58.1 Å². The van der Waals surface area contributed by atoms with E-state index in [1.165, 1.54) is 12.1 Å². The summed E-state index contributed by atoms with van der Waals surface area (Å²) in [6, 6.07) is 7.85. The first kappa shape index (κ1) is 20.6. The summed E-state index contributed by atoms with van der Waals surface area (Å²) in [6.45, 7) is 3.45. The van der Waals surface area contributed by atoms with Gasteiger partial charge in [-0.05, 0) is 69.1 Å². The van der Waals surface area contributed by atoms with E-state index in [0.29, 0.717) is 25.6 Å². The zero-order valence-electron chi connectivity index (χ0n) is 17.3. The van der Waals surface area contributed by atoms with E-state index in [1.807, 2.05) is 0 Å². The minimum atomic E-state index is -0.747. The number of carbonyl (C=O) groups is 1. The van der Waals surface area contributed by atoms with Gasteiger partial charge in [-0.1, -0.05) is 12.1 Å². The van der Waals surface area contributed by atoms with Crippen molar-refractivity contribution in [1.82, 2.24) is 14.7 Å². The van der Waals surface area contributed by atoms with Crippen LogP contribution in [0.15, 0.2) is 35.1 Å². The molecular weight excluding hydrogens is 385 g/mol. The number of likely N-dealkylation sites (tertiary alicyclic amines) is 1. The van der Waals surface area contributed by atoms with Gasteiger partial charge in [0.15, 0.2) is 17.7 Å². The van der Waals surface area contributed by atoms with Crippen molar-refractivity contribution in [3.8, 4) is 5.75 Å². The number of para-hydroxylation sites is 1. The minimum absolute atomic E-state index is 0.0268. The minimum Gasteiger partial charge on any atom is -0.478 e. The lowest BCUT2D eigenvalue weighted by Gasteiger charge is -2.33. The molecule has 2 aliphatic rings. The number of rotatable bonds is 5. The molecule has 0 radical (unpaired) electrons. The summed E-state index contributed by atoms with van der Waals surface area (Å²) in [4.78, 5) is 26.9. The summed E-state index contributed by atoms with van der Waals surface area (Å²) in [5.41, 5.74) is 2.14. The van der Waals surface area contributed by atoms with E-state index in [1.54, 1.807) is 34.7 Å². The normalized spacial score (nSPS) is 18.0. The van der Waals surface area contributed by atoms with E-state index >= 15 is 0 Å². The lowest BCUT2D eigenvalue weighted by Crippen LogP contribution is -2.45. The Morgan fingerprint density at radius 1 is 1.23 bits per heavy atom. The van der Waals surface area contributed by atoms with Crippen molar-refractivity contribution in [3.05, 3.63) is 57.8 Å². The maximum absolute atomic E-state index is 13.8. The van der Waals surface area contributed by atoms with Gasteiger partial charge in [0.25, 0.3) is 11.5 Å². The van der Waals surface area contributed by atoms with Gasteiger partial charge in [-0.3, -0.25) is 9.59 Å². The molecule has 1 saturated heterocycles. The van der Waals surface area contributed by atoms with Gasteiger partial charge in [-0.25, -0.2) is 9.07 Å². The van der Waals surface area contributed by atoms with Gasteiger partial charge in [-0.2, -0.15) is 5.10 Å². The monoisotopic (exact) mass is 413 g/mol. The summed E-state index contributed by atoms with van der Waals surface area (Å²) in [6.07, 6.45) is 5.03. The van der Waals surface area contributed by atoms with Gasteiger partial charge in [-0.15, -0.1) is 0 Å². The molecule has 1 atom stereocenters. The fourth-order valence-corrected chi connectivity index (χ4v) is 4.35. The molecule has 7 heteroatoms. The van der Waals surface area contributed by atoms with Crippen LogP contribution in [-0.4, -0.2) is 39.8 Å². The van der Waals surface area contributed by atoms with Crippen LogP contribution in [0, 0.1) is 11.7 Å². The zero-order valence-corrected chi connectivity index (χ0v) is 17.3. The topological polar surface area (TPSA) is 64.4 Å². The largest absolute Gasteiger partial charge is 0.478 e. The Morgan fingerprint density at radius 3 is 2.73 bits per heavy atom. The third-order valence-corrected chi connectivity index (χ3v) is 6.12. The van der Waals surface area contributed by atoms with Crippen LogP contribution in [-0.2, 0) is 24.2 Å². The number of piperidine rings is 1. The number of hydrogen-bond acceptors (Lipinski definition) is 4. The van der Waals surface area contributed by atoms with E-state index in [0.717, 1.165) is 49.8 Å². The smallest absolute Gasteiger partial charge is 0.267 e. The predicted molar refractivity (Wildman–Crippen MR) is 111 cm³/mol. The van der Waals surface area contributed by atoms with Gasteiger partial charge < -0.3 is 9.64 Å². The SMILES string of the molecule is CC(Oc1ccccc1F)C(=O)N1CCC(Cn2nc3c(cc2=O)CCCC3)CC1. The Kier molecular flexibility index (Phi) is 6.16. The Bertz CT molecular complexity index is 966. The number of halogens is 1. The van der Waals surface area contributed by atoms with E-state index in [4.69, 9.17) is 4.74 Å². The Morgan fingerprint density at radius 2 is 1.97 bits per heavy atom. The quantitative estimate of drug-likeness (QED) is 0.756. The number of benzene rings is 1. The molecule has 2 aromatic rings. The zero-order chi connectivity index (χ0) is 21.1. The van der Waals surface area contributed by atoms with Crippen molar-refractivity contribution in [1.29, 1.82) is 0 Å². The van der Waals surface area contributed by atoms with Crippen molar-refractivity contribution in [2.75, 3.05) is 13.1 Å². The number of carbonyl (C=O) groups excluding carboxylic acids is 1. The van der Waals surface area contributed by atoms with Crippen LogP contribution in [0.2, 0.25) is 0 Å². The fraction of sp³-hybridized carbons (Fsp3) is 0.522. The van der Waals surface area contributed by atoms with Gasteiger partial charge in [0.05, 0.1) is 5.69 Å². The number of hydrogen-bond donors (Lipinski definition) is 0. The molecule has 6 nitrogen and oxygen atoms in total. The second kappa shape index (κ2) is 8.98. The number of nitrogens with zero attached hydrogens (tertiary/aromatic N) is 3. The molecule has 1 aliphatic heterocycles. The molecule has 0 spiro atoms. The van der Waals surface area contributed by atoms with E-state index in [-0.39, 0.29) is 17.2 Å². The number of aromatic nitrogens is 2. The molecule has 0 saturated carbocycles. The summed E-state index contributed by atoms with van der Waals surface area (Å²) in [5.74, 6) is -0.214. The lowest BCUT2D eigenvalue weighted by molar-refractivity contribution is -0.139. The standard InChI is InChI=1S/C23H28FN3O3/c1-16(30-21-9-5-3-7-19(21)24)23(29)26-12-10-17(11-13-26)15-27-22(28)14-18-6-2-4-8-20(18)25-27/h3,5,7,9,14,16-17H,2,4,6,8,10-13,15H2,1H3. The van der Waals surface area contributed by atoms with Crippen molar-refractivity contribution in [3.63, 3.8) is 0 Å². The molecule has 0 N–H and O–H groups in total. The highest BCUT2D eigenvalue weighted by molar-refractivity contribution is 5.81. The highest BCUT2D eigenvalue weighted by Gasteiger charge is 2.28. The first-order valence-electron chi connectivity index (χ1n) is 10.8. The van der Waals surface area contributed by atoms with Crippen LogP contribution < -0.4 is 10.3 Å². The van der Waals surface area contributed by atoms with E-state index < -0.39 is 11.9 Å². The van der Waals surface area contributed by atoms with E-state index in [9.17, 15) is 14.0 Å². The summed E-state index contributed by atoms with van der Waals surface area (Å²) >= 11 is 0. The van der Waals surface area contributed by atoms with Crippen LogP contribution in [0.4, 0.5) is 4.39 Å². The van der Waals surface area contributed by atoms with Crippen LogP contribution >= 0.6 is 0 Å².